The minimum Gasteiger partial charge on any atom is -0.465 e. The molecule has 3 rings (SSSR count). The Hall–Kier alpha value is -3.19. The van der Waals surface area contributed by atoms with Crippen LogP contribution in [0.3, 0.4) is 0 Å². The third-order valence-corrected chi connectivity index (χ3v) is 5.17. The molecule has 0 saturated heterocycles. The molecule has 0 saturated carbocycles. The zero-order valence-electron chi connectivity index (χ0n) is 15.0. The number of ether oxygens (including phenoxy) is 1. The fourth-order valence-corrected chi connectivity index (χ4v) is 3.53. The number of nitrogens with zero attached hydrogens (tertiary/aromatic N) is 3. The molecule has 3 heterocycles. The van der Waals surface area contributed by atoms with Gasteiger partial charge in [-0.3, -0.25) is 19.7 Å². The molecule has 152 valence electrons. The number of amides is 2. The van der Waals surface area contributed by atoms with Gasteiger partial charge in [-0.25, -0.2) is 0 Å². The van der Waals surface area contributed by atoms with Crippen molar-refractivity contribution in [3.8, 4) is 11.5 Å². The summed E-state index contributed by atoms with van der Waals surface area (Å²) >= 11 is 2.22. The zero-order valence-corrected chi connectivity index (χ0v) is 16.7. The van der Waals surface area contributed by atoms with Gasteiger partial charge in [0.05, 0.1) is 18.6 Å². The lowest BCUT2D eigenvalue weighted by Crippen LogP contribution is -2.31. The predicted octanol–water partition coefficient (Wildman–Crippen LogP) is 1.81. The Morgan fingerprint density at radius 2 is 2.14 bits per heavy atom. The minimum absolute atomic E-state index is 0.0395. The number of anilines is 1. The molecule has 0 spiro atoms. The molecule has 2 amide bonds. The molecule has 0 aliphatic heterocycles. The van der Waals surface area contributed by atoms with E-state index in [0.717, 1.165) is 23.1 Å². The van der Waals surface area contributed by atoms with Gasteiger partial charge in [-0.05, 0) is 19.1 Å². The first-order chi connectivity index (χ1) is 14.0. The maximum atomic E-state index is 12.2. The van der Waals surface area contributed by atoms with Crippen molar-refractivity contribution in [2.75, 3.05) is 24.2 Å². The van der Waals surface area contributed by atoms with Crippen LogP contribution in [-0.4, -0.2) is 52.0 Å². The van der Waals surface area contributed by atoms with Crippen molar-refractivity contribution in [2.24, 2.45) is 0 Å². The number of carbonyl (C=O) groups excluding carboxylic acids is 3. The first-order valence-electron chi connectivity index (χ1n) is 8.25. The molecule has 0 fully saturated rings. The van der Waals surface area contributed by atoms with Gasteiger partial charge < -0.3 is 19.0 Å². The van der Waals surface area contributed by atoms with Gasteiger partial charge in [0.1, 0.15) is 6.54 Å². The quantitative estimate of drug-likeness (QED) is 0.288. The Kier molecular flexibility index (Phi) is 6.97. The summed E-state index contributed by atoms with van der Waals surface area (Å²) < 4.78 is 15.4. The van der Waals surface area contributed by atoms with Gasteiger partial charge in [0.15, 0.2) is 15.8 Å². The smallest absolute Gasteiger partial charge is 0.325 e. The van der Waals surface area contributed by atoms with E-state index in [-0.39, 0.29) is 35.6 Å². The summed E-state index contributed by atoms with van der Waals surface area (Å²) in [7, 11) is 0. The number of hydrogen-bond acceptors (Lipinski definition) is 11. The molecule has 0 bridgehead atoms. The Bertz CT molecular complexity index is 984. The Morgan fingerprint density at radius 1 is 1.28 bits per heavy atom. The van der Waals surface area contributed by atoms with Crippen LogP contribution in [0.15, 0.2) is 37.7 Å². The molecule has 11 nitrogen and oxygen atoms in total. The number of nitrogens with one attached hydrogen (secondary N) is 2. The number of furan rings is 1. The standard InChI is InChI=1S/C16H15N5O6S2/c1-2-25-13(23)7-17-12(22)8-28-16-20-19-15(29-16)18-14(24)9-6-11(27-21-9)10-4-3-5-26-10/h3-6H,2,7-8H2,1H3,(H,17,22)(H,18,19,24). The minimum atomic E-state index is -0.522. The average Bonchev–Trinajstić information content (AvgIpc) is 3.46. The molecule has 3 aromatic rings. The summed E-state index contributed by atoms with van der Waals surface area (Å²) in [6.07, 6.45) is 1.48. The van der Waals surface area contributed by atoms with E-state index in [0.29, 0.717) is 15.9 Å². The molecular weight excluding hydrogens is 422 g/mol. The normalized spacial score (nSPS) is 10.5. The number of thioether (sulfide) groups is 1. The van der Waals surface area contributed by atoms with Gasteiger partial charge >= 0.3 is 5.97 Å². The van der Waals surface area contributed by atoms with Crippen molar-refractivity contribution in [1.82, 2.24) is 20.7 Å². The number of hydrogen-bond donors (Lipinski definition) is 2. The molecule has 0 aliphatic carbocycles. The van der Waals surface area contributed by atoms with Crippen molar-refractivity contribution in [3.63, 3.8) is 0 Å². The van der Waals surface area contributed by atoms with Gasteiger partial charge in [-0.15, -0.1) is 10.2 Å². The Morgan fingerprint density at radius 3 is 2.90 bits per heavy atom. The lowest BCUT2D eigenvalue weighted by molar-refractivity contribution is -0.143. The summed E-state index contributed by atoms with van der Waals surface area (Å²) in [5, 5.41) is 16.7. The van der Waals surface area contributed by atoms with Gasteiger partial charge in [0, 0.05) is 6.07 Å². The highest BCUT2D eigenvalue weighted by molar-refractivity contribution is 8.01. The molecule has 29 heavy (non-hydrogen) atoms. The molecule has 0 aromatic carbocycles. The summed E-state index contributed by atoms with van der Waals surface area (Å²) in [4.78, 5) is 35.1. The highest BCUT2D eigenvalue weighted by atomic mass is 32.2. The number of carbonyl (C=O) groups is 3. The Balaban J connectivity index is 1.47. The SMILES string of the molecule is CCOC(=O)CNC(=O)CSc1nnc(NC(=O)c2cc(-c3ccco3)on2)s1. The van der Waals surface area contributed by atoms with Crippen molar-refractivity contribution in [2.45, 2.75) is 11.3 Å². The molecule has 0 unspecified atom stereocenters. The monoisotopic (exact) mass is 437 g/mol. The molecule has 0 aliphatic rings. The van der Waals surface area contributed by atoms with E-state index < -0.39 is 11.9 Å². The van der Waals surface area contributed by atoms with Gasteiger partial charge in [0.25, 0.3) is 5.91 Å². The van der Waals surface area contributed by atoms with Crippen LogP contribution in [0, 0.1) is 0 Å². The van der Waals surface area contributed by atoms with Gasteiger partial charge in [-0.2, -0.15) is 0 Å². The molecule has 2 N–H and O–H groups in total. The largest absolute Gasteiger partial charge is 0.465 e. The number of aromatic nitrogens is 3. The molecule has 3 aromatic heterocycles. The van der Waals surface area contributed by atoms with Crippen LogP contribution in [0.1, 0.15) is 17.4 Å². The first kappa shape index (κ1) is 20.5. The summed E-state index contributed by atoms with van der Waals surface area (Å²) in [5.41, 5.74) is 0.0548. The van der Waals surface area contributed by atoms with Crippen molar-refractivity contribution in [1.29, 1.82) is 0 Å². The predicted molar refractivity (Wildman–Crippen MR) is 102 cm³/mol. The Labute approximate surface area is 172 Å². The number of esters is 1. The molecule has 13 heteroatoms. The second kappa shape index (κ2) is 9.84. The third kappa shape index (κ3) is 5.89. The van der Waals surface area contributed by atoms with Gasteiger partial charge in [-0.1, -0.05) is 28.3 Å². The second-order valence-electron chi connectivity index (χ2n) is 5.25. The van der Waals surface area contributed by atoms with Crippen molar-refractivity contribution < 1.29 is 28.1 Å². The fourth-order valence-electron chi connectivity index (χ4n) is 1.96. The van der Waals surface area contributed by atoms with Crippen molar-refractivity contribution >= 4 is 46.0 Å². The highest BCUT2D eigenvalue weighted by Crippen LogP contribution is 2.26. The van der Waals surface area contributed by atoms with Crippen LogP contribution < -0.4 is 10.6 Å². The summed E-state index contributed by atoms with van der Waals surface area (Å²) in [6, 6.07) is 4.81. The van der Waals surface area contributed by atoms with Crippen LogP contribution in [0.2, 0.25) is 0 Å². The molecule has 0 atom stereocenters. The highest BCUT2D eigenvalue weighted by Gasteiger charge is 2.17. The average molecular weight is 437 g/mol. The third-order valence-electron chi connectivity index (χ3n) is 3.20. The van der Waals surface area contributed by atoms with E-state index in [9.17, 15) is 14.4 Å². The molecular formula is C16H15N5O6S2. The van der Waals surface area contributed by atoms with E-state index in [2.05, 4.69) is 26.0 Å². The first-order valence-corrected chi connectivity index (χ1v) is 10.1. The van der Waals surface area contributed by atoms with E-state index in [1.807, 2.05) is 0 Å². The van der Waals surface area contributed by atoms with Crippen LogP contribution >= 0.6 is 23.1 Å². The van der Waals surface area contributed by atoms with Gasteiger partial charge in [0.2, 0.25) is 16.8 Å². The van der Waals surface area contributed by atoms with E-state index in [1.54, 1.807) is 19.1 Å². The van der Waals surface area contributed by atoms with Crippen LogP contribution in [0.5, 0.6) is 0 Å². The number of rotatable bonds is 9. The van der Waals surface area contributed by atoms with Crippen LogP contribution in [-0.2, 0) is 14.3 Å². The summed E-state index contributed by atoms with van der Waals surface area (Å²) in [5.74, 6) is -0.564. The maximum absolute atomic E-state index is 12.2. The fraction of sp³-hybridized carbons (Fsp3) is 0.250. The van der Waals surface area contributed by atoms with Crippen LogP contribution in [0.4, 0.5) is 5.13 Å². The van der Waals surface area contributed by atoms with Crippen molar-refractivity contribution in [3.05, 3.63) is 30.2 Å². The molecule has 0 radical (unpaired) electrons. The topological polar surface area (TPSA) is 149 Å². The lowest BCUT2D eigenvalue weighted by Gasteiger charge is -2.03. The van der Waals surface area contributed by atoms with E-state index >= 15 is 0 Å². The zero-order chi connectivity index (χ0) is 20.6. The van der Waals surface area contributed by atoms with Crippen LogP contribution in [0.25, 0.3) is 11.5 Å². The lowest BCUT2D eigenvalue weighted by atomic mass is 10.3. The van der Waals surface area contributed by atoms with E-state index in [1.165, 1.54) is 12.3 Å². The maximum Gasteiger partial charge on any atom is 0.325 e. The second-order valence-corrected chi connectivity index (χ2v) is 7.45. The van der Waals surface area contributed by atoms with E-state index in [4.69, 9.17) is 13.7 Å². The summed E-state index contributed by atoms with van der Waals surface area (Å²) in [6.45, 7) is 1.74.